The standard InChI is InChI=1S/C13H23N3O/c1-3-8-16(9-4-2)13(17)12-15-10-5-6-14-7-11-15/h3-4,14H,1-2,5-12H2. The Balaban J connectivity index is 2.43. The zero-order valence-corrected chi connectivity index (χ0v) is 10.5. The maximum atomic E-state index is 12.1. The largest absolute Gasteiger partial charge is 0.334 e. The second kappa shape index (κ2) is 8.03. The molecule has 1 N–H and O–H groups in total. The molecule has 96 valence electrons. The third kappa shape index (κ3) is 5.15. The first-order valence-corrected chi connectivity index (χ1v) is 6.20. The van der Waals surface area contributed by atoms with Gasteiger partial charge in [0.1, 0.15) is 0 Å². The van der Waals surface area contributed by atoms with Gasteiger partial charge in [-0.1, -0.05) is 12.2 Å². The Kier molecular flexibility index (Phi) is 6.58. The van der Waals surface area contributed by atoms with Gasteiger partial charge in [0.05, 0.1) is 6.54 Å². The highest BCUT2D eigenvalue weighted by Crippen LogP contribution is 1.99. The lowest BCUT2D eigenvalue weighted by molar-refractivity contribution is -0.131. The summed E-state index contributed by atoms with van der Waals surface area (Å²) in [7, 11) is 0. The predicted molar refractivity (Wildman–Crippen MR) is 70.9 cm³/mol. The van der Waals surface area contributed by atoms with Crippen LogP contribution in [0.2, 0.25) is 0 Å². The van der Waals surface area contributed by atoms with Gasteiger partial charge in [0, 0.05) is 26.2 Å². The lowest BCUT2D eigenvalue weighted by Gasteiger charge is -2.24. The van der Waals surface area contributed by atoms with E-state index in [1.807, 2.05) is 0 Å². The van der Waals surface area contributed by atoms with E-state index in [4.69, 9.17) is 0 Å². The average molecular weight is 237 g/mol. The molecule has 0 aromatic carbocycles. The summed E-state index contributed by atoms with van der Waals surface area (Å²) in [6, 6.07) is 0. The third-order valence-corrected chi connectivity index (χ3v) is 2.84. The summed E-state index contributed by atoms with van der Waals surface area (Å²) in [6.45, 7) is 13.0. The zero-order valence-electron chi connectivity index (χ0n) is 10.5. The molecule has 1 rings (SSSR count). The molecule has 0 bridgehead atoms. The zero-order chi connectivity index (χ0) is 12.5. The molecule has 1 aliphatic rings. The van der Waals surface area contributed by atoms with Crippen LogP contribution in [-0.4, -0.2) is 61.5 Å². The Morgan fingerprint density at radius 1 is 1.24 bits per heavy atom. The summed E-state index contributed by atoms with van der Waals surface area (Å²) in [5.74, 6) is 0.159. The van der Waals surface area contributed by atoms with Crippen molar-refractivity contribution in [1.82, 2.24) is 15.1 Å². The van der Waals surface area contributed by atoms with Gasteiger partial charge in [-0.25, -0.2) is 0 Å². The number of nitrogens with zero attached hydrogens (tertiary/aromatic N) is 2. The van der Waals surface area contributed by atoms with Gasteiger partial charge < -0.3 is 10.2 Å². The van der Waals surface area contributed by atoms with Crippen molar-refractivity contribution in [2.45, 2.75) is 6.42 Å². The topological polar surface area (TPSA) is 35.6 Å². The van der Waals surface area contributed by atoms with Gasteiger partial charge in [-0.3, -0.25) is 9.69 Å². The van der Waals surface area contributed by atoms with Crippen LogP contribution in [0.5, 0.6) is 0 Å². The highest BCUT2D eigenvalue weighted by Gasteiger charge is 2.16. The molecule has 1 heterocycles. The van der Waals surface area contributed by atoms with Crippen LogP contribution in [0.3, 0.4) is 0 Å². The molecule has 4 heteroatoms. The van der Waals surface area contributed by atoms with Crippen LogP contribution in [0.25, 0.3) is 0 Å². The van der Waals surface area contributed by atoms with Crippen molar-refractivity contribution < 1.29 is 4.79 Å². The SMILES string of the molecule is C=CCN(CC=C)C(=O)CN1CCCNCC1. The average Bonchev–Trinajstić information content (AvgIpc) is 2.57. The summed E-state index contributed by atoms with van der Waals surface area (Å²) in [4.78, 5) is 16.1. The first kappa shape index (κ1) is 13.9. The van der Waals surface area contributed by atoms with Crippen molar-refractivity contribution in [2.24, 2.45) is 0 Å². The maximum absolute atomic E-state index is 12.1. The molecule has 4 nitrogen and oxygen atoms in total. The summed E-state index contributed by atoms with van der Waals surface area (Å²) in [6.07, 6.45) is 4.62. The molecule has 0 aromatic heterocycles. The lowest BCUT2D eigenvalue weighted by Crippen LogP contribution is -2.41. The molecule has 0 radical (unpaired) electrons. The molecule has 0 spiro atoms. The van der Waals surface area contributed by atoms with Gasteiger partial charge >= 0.3 is 0 Å². The summed E-state index contributed by atoms with van der Waals surface area (Å²) in [5.41, 5.74) is 0. The fraction of sp³-hybridized carbons (Fsp3) is 0.615. The van der Waals surface area contributed by atoms with E-state index in [-0.39, 0.29) is 5.91 Å². The van der Waals surface area contributed by atoms with Crippen LogP contribution in [-0.2, 0) is 4.79 Å². The minimum atomic E-state index is 0.159. The van der Waals surface area contributed by atoms with Gasteiger partial charge in [0.15, 0.2) is 0 Å². The van der Waals surface area contributed by atoms with Gasteiger partial charge in [-0.15, -0.1) is 13.2 Å². The molecule has 0 unspecified atom stereocenters. The second-order valence-electron chi connectivity index (χ2n) is 4.26. The van der Waals surface area contributed by atoms with Crippen molar-refractivity contribution >= 4 is 5.91 Å². The Hall–Kier alpha value is -1.13. The summed E-state index contributed by atoms with van der Waals surface area (Å²) < 4.78 is 0. The highest BCUT2D eigenvalue weighted by molar-refractivity contribution is 5.78. The molecule has 1 saturated heterocycles. The number of carbonyl (C=O) groups is 1. The van der Waals surface area contributed by atoms with Crippen molar-refractivity contribution in [1.29, 1.82) is 0 Å². The van der Waals surface area contributed by atoms with E-state index < -0.39 is 0 Å². The Morgan fingerprint density at radius 3 is 2.59 bits per heavy atom. The van der Waals surface area contributed by atoms with Crippen LogP contribution < -0.4 is 5.32 Å². The van der Waals surface area contributed by atoms with E-state index in [1.54, 1.807) is 17.1 Å². The molecule has 17 heavy (non-hydrogen) atoms. The van der Waals surface area contributed by atoms with Crippen molar-refractivity contribution in [3.05, 3.63) is 25.3 Å². The van der Waals surface area contributed by atoms with E-state index in [2.05, 4.69) is 23.4 Å². The maximum Gasteiger partial charge on any atom is 0.237 e. The molecule has 0 aliphatic carbocycles. The number of rotatable bonds is 6. The number of nitrogens with one attached hydrogen (secondary N) is 1. The molecule has 1 amide bonds. The van der Waals surface area contributed by atoms with Crippen LogP contribution in [0, 0.1) is 0 Å². The molecule has 0 saturated carbocycles. The normalized spacial score (nSPS) is 17.2. The summed E-state index contributed by atoms with van der Waals surface area (Å²) >= 11 is 0. The van der Waals surface area contributed by atoms with Gasteiger partial charge in [0.25, 0.3) is 0 Å². The van der Waals surface area contributed by atoms with Gasteiger partial charge in [-0.2, -0.15) is 0 Å². The van der Waals surface area contributed by atoms with E-state index >= 15 is 0 Å². The molecular weight excluding hydrogens is 214 g/mol. The Bertz CT molecular complexity index is 247. The molecule has 1 fully saturated rings. The molecule has 0 aromatic rings. The molecule has 0 atom stereocenters. The van der Waals surface area contributed by atoms with Crippen LogP contribution in [0.15, 0.2) is 25.3 Å². The van der Waals surface area contributed by atoms with E-state index in [1.165, 1.54) is 0 Å². The Morgan fingerprint density at radius 2 is 1.94 bits per heavy atom. The molecular formula is C13H23N3O. The predicted octanol–water partition coefficient (Wildman–Crippen LogP) is 0.482. The fourth-order valence-electron chi connectivity index (χ4n) is 1.94. The molecule has 1 aliphatic heterocycles. The minimum absolute atomic E-state index is 0.159. The number of amides is 1. The van der Waals surface area contributed by atoms with E-state index in [0.717, 1.165) is 32.6 Å². The van der Waals surface area contributed by atoms with Crippen molar-refractivity contribution in [3.8, 4) is 0 Å². The second-order valence-corrected chi connectivity index (χ2v) is 4.26. The first-order valence-electron chi connectivity index (χ1n) is 6.20. The first-order chi connectivity index (χ1) is 8.27. The third-order valence-electron chi connectivity index (χ3n) is 2.84. The minimum Gasteiger partial charge on any atom is -0.334 e. The van der Waals surface area contributed by atoms with Crippen molar-refractivity contribution in [3.63, 3.8) is 0 Å². The van der Waals surface area contributed by atoms with Crippen LogP contribution >= 0.6 is 0 Å². The monoisotopic (exact) mass is 237 g/mol. The van der Waals surface area contributed by atoms with Crippen molar-refractivity contribution in [2.75, 3.05) is 45.8 Å². The quantitative estimate of drug-likeness (QED) is 0.683. The van der Waals surface area contributed by atoms with Gasteiger partial charge in [0.2, 0.25) is 5.91 Å². The number of hydrogen-bond donors (Lipinski definition) is 1. The number of carbonyl (C=O) groups excluding carboxylic acids is 1. The highest BCUT2D eigenvalue weighted by atomic mass is 16.2. The van der Waals surface area contributed by atoms with Crippen LogP contribution in [0.4, 0.5) is 0 Å². The van der Waals surface area contributed by atoms with Gasteiger partial charge in [-0.05, 0) is 19.5 Å². The van der Waals surface area contributed by atoms with E-state index in [9.17, 15) is 4.79 Å². The number of hydrogen-bond acceptors (Lipinski definition) is 3. The summed E-state index contributed by atoms with van der Waals surface area (Å²) in [5, 5.41) is 3.33. The smallest absolute Gasteiger partial charge is 0.237 e. The van der Waals surface area contributed by atoms with Crippen LogP contribution in [0.1, 0.15) is 6.42 Å². The fourth-order valence-corrected chi connectivity index (χ4v) is 1.94. The van der Waals surface area contributed by atoms with E-state index in [0.29, 0.717) is 19.6 Å². The lowest BCUT2D eigenvalue weighted by atomic mass is 10.3. The Labute approximate surface area is 104 Å².